The molecule has 0 radical (unpaired) electrons. The highest BCUT2D eigenvalue weighted by Gasteiger charge is 2.26. The number of pyridine rings is 1. The van der Waals surface area contributed by atoms with E-state index < -0.39 is 21.6 Å². The van der Waals surface area contributed by atoms with Crippen LogP contribution in [0.15, 0.2) is 78.0 Å². The number of carbonyl (C=O) groups excluding carboxylic acids is 1. The van der Waals surface area contributed by atoms with Crippen LogP contribution in [0.25, 0.3) is 21.0 Å². The van der Waals surface area contributed by atoms with Crippen molar-refractivity contribution in [3.8, 4) is 21.0 Å². The highest BCUT2D eigenvalue weighted by Crippen LogP contribution is 2.37. The Bertz CT molecular complexity index is 1510. The van der Waals surface area contributed by atoms with Crippen LogP contribution in [0, 0.1) is 0 Å². The SMILES string of the molecule is CNc1ccc(-c2ncc(-c3ccc(NC(=O)NCc4ccccn4)cc3S(=O)(=O)NC(C)(C)C)s2)cc1. The molecular formula is C27H30N6O3S2. The number of benzene rings is 2. The third-order valence-corrected chi connectivity index (χ3v) is 8.20. The Morgan fingerprint density at radius 1 is 0.974 bits per heavy atom. The molecular weight excluding hydrogens is 520 g/mol. The average Bonchev–Trinajstić information content (AvgIpc) is 3.37. The minimum absolute atomic E-state index is 0.0516. The van der Waals surface area contributed by atoms with Crippen molar-refractivity contribution in [1.29, 1.82) is 0 Å². The Morgan fingerprint density at radius 2 is 1.71 bits per heavy atom. The van der Waals surface area contributed by atoms with Crippen LogP contribution in [0.1, 0.15) is 26.5 Å². The number of thiazole rings is 1. The van der Waals surface area contributed by atoms with Crippen LogP contribution in [0.3, 0.4) is 0 Å². The van der Waals surface area contributed by atoms with E-state index in [1.165, 1.54) is 17.4 Å². The maximum Gasteiger partial charge on any atom is 0.319 e. The van der Waals surface area contributed by atoms with Gasteiger partial charge in [0.2, 0.25) is 10.0 Å². The zero-order chi connectivity index (χ0) is 27.3. The molecule has 0 bridgehead atoms. The molecule has 4 rings (SSSR count). The number of anilines is 2. The van der Waals surface area contributed by atoms with Crippen molar-refractivity contribution >= 4 is 38.8 Å². The molecule has 2 amide bonds. The quantitative estimate of drug-likeness (QED) is 0.236. The summed E-state index contributed by atoms with van der Waals surface area (Å²) in [5, 5.41) is 9.30. The van der Waals surface area contributed by atoms with E-state index in [-0.39, 0.29) is 11.4 Å². The van der Waals surface area contributed by atoms with Crippen molar-refractivity contribution < 1.29 is 13.2 Å². The molecule has 198 valence electrons. The van der Waals surface area contributed by atoms with Gasteiger partial charge in [-0.05, 0) is 69.3 Å². The number of rotatable bonds is 8. The van der Waals surface area contributed by atoms with Gasteiger partial charge in [-0.15, -0.1) is 11.3 Å². The van der Waals surface area contributed by atoms with Crippen LogP contribution >= 0.6 is 11.3 Å². The molecule has 0 aliphatic carbocycles. The second-order valence-corrected chi connectivity index (χ2v) is 12.2. The monoisotopic (exact) mass is 550 g/mol. The highest BCUT2D eigenvalue weighted by molar-refractivity contribution is 7.89. The van der Waals surface area contributed by atoms with Crippen LogP contribution in [0.2, 0.25) is 0 Å². The first-order valence-electron chi connectivity index (χ1n) is 11.9. The van der Waals surface area contributed by atoms with Gasteiger partial charge in [0, 0.05) is 47.5 Å². The molecule has 38 heavy (non-hydrogen) atoms. The zero-order valence-electron chi connectivity index (χ0n) is 21.6. The highest BCUT2D eigenvalue weighted by atomic mass is 32.2. The molecule has 9 nitrogen and oxygen atoms in total. The number of urea groups is 1. The van der Waals surface area contributed by atoms with Gasteiger partial charge in [-0.25, -0.2) is 22.9 Å². The number of carbonyl (C=O) groups is 1. The van der Waals surface area contributed by atoms with Crippen molar-refractivity contribution in [2.24, 2.45) is 0 Å². The van der Waals surface area contributed by atoms with Crippen LogP contribution < -0.4 is 20.7 Å². The van der Waals surface area contributed by atoms with E-state index in [9.17, 15) is 13.2 Å². The third kappa shape index (κ3) is 6.94. The van der Waals surface area contributed by atoms with Crippen LogP contribution in [-0.4, -0.2) is 37.0 Å². The molecule has 4 aromatic rings. The van der Waals surface area contributed by atoms with Crippen LogP contribution in [0.5, 0.6) is 0 Å². The largest absolute Gasteiger partial charge is 0.388 e. The van der Waals surface area contributed by atoms with Crippen molar-refractivity contribution in [3.63, 3.8) is 0 Å². The molecule has 0 fully saturated rings. The first kappa shape index (κ1) is 27.2. The number of aromatic nitrogens is 2. The summed E-state index contributed by atoms with van der Waals surface area (Å²) in [6, 6.07) is 17.6. The van der Waals surface area contributed by atoms with Crippen LogP contribution in [0.4, 0.5) is 16.2 Å². The molecule has 2 aromatic carbocycles. The first-order valence-corrected chi connectivity index (χ1v) is 14.2. The van der Waals surface area contributed by atoms with Crippen LogP contribution in [-0.2, 0) is 16.6 Å². The van der Waals surface area contributed by atoms with Gasteiger partial charge < -0.3 is 16.0 Å². The average molecular weight is 551 g/mol. The van der Waals surface area contributed by atoms with E-state index in [0.29, 0.717) is 21.8 Å². The van der Waals surface area contributed by atoms with Gasteiger partial charge in [0.25, 0.3) is 0 Å². The molecule has 0 saturated heterocycles. The Labute approximate surface area is 226 Å². The summed E-state index contributed by atoms with van der Waals surface area (Å²) in [5.41, 5.74) is 2.76. The molecule has 0 aliphatic heterocycles. The predicted octanol–water partition coefficient (Wildman–Crippen LogP) is 5.31. The molecule has 2 aromatic heterocycles. The summed E-state index contributed by atoms with van der Waals surface area (Å²) in [6.45, 7) is 5.56. The summed E-state index contributed by atoms with van der Waals surface area (Å²) >= 11 is 1.40. The summed E-state index contributed by atoms with van der Waals surface area (Å²) < 4.78 is 29.6. The minimum Gasteiger partial charge on any atom is -0.388 e. The van der Waals surface area contributed by atoms with E-state index in [1.54, 1.807) is 57.4 Å². The van der Waals surface area contributed by atoms with E-state index in [2.05, 4.69) is 30.6 Å². The second-order valence-electron chi connectivity index (χ2n) is 9.55. The van der Waals surface area contributed by atoms with Gasteiger partial charge in [0.05, 0.1) is 22.0 Å². The lowest BCUT2D eigenvalue weighted by atomic mass is 10.1. The van der Waals surface area contributed by atoms with Gasteiger partial charge in [-0.3, -0.25) is 4.98 Å². The Kier molecular flexibility index (Phi) is 8.10. The Balaban J connectivity index is 1.64. The molecule has 0 atom stereocenters. The normalized spacial score (nSPS) is 11.7. The van der Waals surface area contributed by atoms with Crippen molar-refractivity contribution in [2.45, 2.75) is 37.8 Å². The summed E-state index contributed by atoms with van der Waals surface area (Å²) in [6.07, 6.45) is 3.32. The first-order chi connectivity index (χ1) is 18.0. The van der Waals surface area contributed by atoms with E-state index in [0.717, 1.165) is 16.3 Å². The molecule has 0 saturated carbocycles. The molecule has 11 heteroatoms. The lowest BCUT2D eigenvalue weighted by molar-refractivity contribution is 0.251. The summed E-state index contributed by atoms with van der Waals surface area (Å²) in [4.78, 5) is 22.0. The molecule has 4 N–H and O–H groups in total. The van der Waals surface area contributed by atoms with E-state index >= 15 is 0 Å². The van der Waals surface area contributed by atoms with Gasteiger partial charge in [0.1, 0.15) is 5.01 Å². The van der Waals surface area contributed by atoms with Crippen molar-refractivity contribution in [2.75, 3.05) is 17.7 Å². The molecule has 0 spiro atoms. The molecule has 0 unspecified atom stereocenters. The number of sulfonamides is 1. The number of hydrogen-bond donors (Lipinski definition) is 4. The maximum absolute atomic E-state index is 13.5. The fourth-order valence-electron chi connectivity index (χ4n) is 3.64. The van der Waals surface area contributed by atoms with E-state index in [4.69, 9.17) is 0 Å². The number of amides is 2. The second kappa shape index (κ2) is 11.3. The topological polar surface area (TPSA) is 125 Å². The fraction of sp³-hybridized carbons (Fsp3) is 0.222. The maximum atomic E-state index is 13.5. The minimum atomic E-state index is -3.94. The lowest BCUT2D eigenvalue weighted by Gasteiger charge is -2.22. The number of hydrogen-bond acceptors (Lipinski definition) is 7. The fourth-order valence-corrected chi connectivity index (χ4v) is 6.34. The van der Waals surface area contributed by atoms with Gasteiger partial charge >= 0.3 is 6.03 Å². The van der Waals surface area contributed by atoms with Gasteiger partial charge in [0.15, 0.2) is 0 Å². The zero-order valence-corrected chi connectivity index (χ0v) is 23.2. The lowest BCUT2D eigenvalue weighted by Crippen LogP contribution is -2.40. The molecule has 2 heterocycles. The summed E-state index contributed by atoms with van der Waals surface area (Å²) in [5.74, 6) is 0. The summed E-state index contributed by atoms with van der Waals surface area (Å²) in [7, 11) is -2.08. The molecule has 0 aliphatic rings. The predicted molar refractivity (Wildman–Crippen MR) is 153 cm³/mol. The smallest absolute Gasteiger partial charge is 0.319 e. The van der Waals surface area contributed by atoms with Crippen molar-refractivity contribution in [1.82, 2.24) is 20.0 Å². The van der Waals surface area contributed by atoms with Gasteiger partial charge in [-0.2, -0.15) is 0 Å². The van der Waals surface area contributed by atoms with E-state index in [1.807, 2.05) is 37.4 Å². The van der Waals surface area contributed by atoms with Crippen molar-refractivity contribution in [3.05, 3.63) is 78.8 Å². The number of nitrogens with zero attached hydrogens (tertiary/aromatic N) is 2. The number of nitrogens with one attached hydrogen (secondary N) is 4. The van der Waals surface area contributed by atoms with Gasteiger partial charge in [-0.1, -0.05) is 12.1 Å². The third-order valence-electron chi connectivity index (χ3n) is 5.32. The Morgan fingerprint density at radius 3 is 2.37 bits per heavy atom. The standard InChI is InChI=1S/C27H30N6O3S2/c1-27(2,3)33-38(35,36)24-15-20(32-26(34)31-16-21-7-5-6-14-29-21)12-13-22(24)23-17-30-25(37-23)18-8-10-19(28-4)11-9-18/h5-15,17,28,33H,16H2,1-4H3,(H2,31,32,34). The Hall–Kier alpha value is -3.80.